The zero-order chi connectivity index (χ0) is 15.5. The summed E-state index contributed by atoms with van der Waals surface area (Å²) in [5, 5.41) is 10.8. The van der Waals surface area contributed by atoms with Gasteiger partial charge in [0.05, 0.1) is 6.21 Å². The van der Waals surface area contributed by atoms with Crippen LogP contribution in [0, 0.1) is 16.4 Å². The number of rotatable bonds is 3. The maximum absolute atomic E-state index is 13.6. The second-order valence-electron chi connectivity index (χ2n) is 4.44. The van der Waals surface area contributed by atoms with Crippen molar-refractivity contribution in [2.45, 2.75) is 0 Å². The highest BCUT2D eigenvalue weighted by Crippen LogP contribution is 2.18. The minimum Gasteiger partial charge on any atom is -0.250 e. The topological polar surface area (TPSA) is 46.0 Å². The molecule has 4 nitrogen and oxygen atoms in total. The number of aromatic nitrogens is 3. The molecule has 1 aromatic heterocycles. The van der Waals surface area contributed by atoms with Gasteiger partial charge in [0.25, 0.3) is 0 Å². The molecule has 0 amide bonds. The highest BCUT2D eigenvalue weighted by Gasteiger charge is 2.09. The fraction of sp³-hybridized carbons (Fsp3) is 0. The van der Waals surface area contributed by atoms with Crippen LogP contribution >= 0.6 is 12.2 Å². The lowest BCUT2D eigenvalue weighted by Gasteiger charge is -2.01. The van der Waals surface area contributed by atoms with Crippen LogP contribution in [-0.4, -0.2) is 21.1 Å². The van der Waals surface area contributed by atoms with E-state index in [2.05, 4.69) is 15.3 Å². The van der Waals surface area contributed by atoms with E-state index in [1.54, 1.807) is 30.3 Å². The van der Waals surface area contributed by atoms with Gasteiger partial charge in [0, 0.05) is 11.1 Å². The molecule has 0 fully saturated rings. The first kappa shape index (κ1) is 14.3. The fourth-order valence-electron chi connectivity index (χ4n) is 1.91. The normalized spacial score (nSPS) is 11.2. The summed E-state index contributed by atoms with van der Waals surface area (Å²) in [4.78, 5) is 0. The van der Waals surface area contributed by atoms with E-state index in [1.165, 1.54) is 29.1 Å². The Labute approximate surface area is 129 Å². The SMILES string of the molecule is Fc1cccc(-c2n[nH]c(=S)n2/N=C\c2ccccc2F)c1. The molecule has 0 spiro atoms. The van der Waals surface area contributed by atoms with Gasteiger partial charge in [0.15, 0.2) is 5.82 Å². The van der Waals surface area contributed by atoms with Gasteiger partial charge in [0.1, 0.15) is 11.6 Å². The van der Waals surface area contributed by atoms with E-state index >= 15 is 0 Å². The van der Waals surface area contributed by atoms with E-state index in [0.29, 0.717) is 17.0 Å². The first-order valence-electron chi connectivity index (χ1n) is 6.37. The zero-order valence-corrected chi connectivity index (χ0v) is 12.0. The lowest BCUT2D eigenvalue weighted by atomic mass is 10.2. The van der Waals surface area contributed by atoms with Crippen molar-refractivity contribution in [2.24, 2.45) is 5.10 Å². The molecule has 22 heavy (non-hydrogen) atoms. The quantitative estimate of drug-likeness (QED) is 0.590. The third-order valence-electron chi connectivity index (χ3n) is 2.95. The van der Waals surface area contributed by atoms with Crippen molar-refractivity contribution in [2.75, 3.05) is 0 Å². The average molecular weight is 316 g/mol. The number of halogens is 2. The van der Waals surface area contributed by atoms with Crippen LogP contribution in [-0.2, 0) is 0 Å². The molecule has 0 saturated carbocycles. The van der Waals surface area contributed by atoms with Crippen molar-refractivity contribution < 1.29 is 8.78 Å². The molecule has 0 unspecified atom stereocenters. The van der Waals surface area contributed by atoms with Crippen molar-refractivity contribution in [3.8, 4) is 11.4 Å². The second-order valence-corrected chi connectivity index (χ2v) is 4.83. The summed E-state index contributed by atoms with van der Waals surface area (Å²) in [7, 11) is 0. The summed E-state index contributed by atoms with van der Waals surface area (Å²) in [6.07, 6.45) is 1.34. The van der Waals surface area contributed by atoms with Crippen molar-refractivity contribution in [3.05, 3.63) is 70.5 Å². The molecule has 0 saturated heterocycles. The Balaban J connectivity index is 2.04. The Morgan fingerprint density at radius 3 is 2.73 bits per heavy atom. The Bertz CT molecular complexity index is 898. The van der Waals surface area contributed by atoms with E-state index in [9.17, 15) is 8.78 Å². The Morgan fingerprint density at radius 1 is 1.14 bits per heavy atom. The van der Waals surface area contributed by atoms with Crippen molar-refractivity contribution >= 4 is 18.4 Å². The molecule has 0 aliphatic carbocycles. The highest BCUT2D eigenvalue weighted by atomic mass is 32.1. The number of hydrogen-bond donors (Lipinski definition) is 1. The number of aromatic amines is 1. The van der Waals surface area contributed by atoms with Crippen LogP contribution in [0.5, 0.6) is 0 Å². The lowest BCUT2D eigenvalue weighted by molar-refractivity contribution is 0.625. The Kier molecular flexibility index (Phi) is 3.88. The summed E-state index contributed by atoms with van der Waals surface area (Å²) in [6, 6.07) is 12.1. The molecule has 110 valence electrons. The van der Waals surface area contributed by atoms with Gasteiger partial charge in [-0.3, -0.25) is 0 Å². The van der Waals surface area contributed by atoms with E-state index < -0.39 is 11.6 Å². The largest absolute Gasteiger partial charge is 0.250 e. The third-order valence-corrected chi connectivity index (χ3v) is 3.21. The smallest absolute Gasteiger partial charge is 0.216 e. The highest BCUT2D eigenvalue weighted by molar-refractivity contribution is 7.71. The van der Waals surface area contributed by atoms with E-state index in [-0.39, 0.29) is 4.77 Å². The molecule has 1 heterocycles. The Morgan fingerprint density at radius 2 is 1.95 bits per heavy atom. The van der Waals surface area contributed by atoms with E-state index in [1.807, 2.05) is 0 Å². The molecule has 0 aliphatic heterocycles. The third kappa shape index (κ3) is 2.84. The monoisotopic (exact) mass is 316 g/mol. The van der Waals surface area contributed by atoms with Crippen LogP contribution in [0.25, 0.3) is 11.4 Å². The summed E-state index contributed by atoms with van der Waals surface area (Å²) in [5.41, 5.74) is 0.828. The van der Waals surface area contributed by atoms with Gasteiger partial charge in [-0.15, -0.1) is 0 Å². The van der Waals surface area contributed by atoms with Gasteiger partial charge >= 0.3 is 0 Å². The minimum absolute atomic E-state index is 0.229. The maximum Gasteiger partial charge on any atom is 0.216 e. The zero-order valence-electron chi connectivity index (χ0n) is 11.2. The van der Waals surface area contributed by atoms with E-state index in [4.69, 9.17) is 12.2 Å². The molecule has 0 bridgehead atoms. The van der Waals surface area contributed by atoms with Gasteiger partial charge in [-0.05, 0) is 30.4 Å². The first-order chi connectivity index (χ1) is 10.6. The maximum atomic E-state index is 13.6. The molecule has 0 atom stereocenters. The predicted molar refractivity (Wildman–Crippen MR) is 82.2 cm³/mol. The summed E-state index contributed by atoms with van der Waals surface area (Å²) >= 11 is 5.10. The number of nitrogens with one attached hydrogen (secondary N) is 1. The van der Waals surface area contributed by atoms with E-state index in [0.717, 1.165) is 0 Å². The standard InChI is InChI=1S/C15H10F2N4S/c16-12-6-3-5-10(8-12)14-19-20-15(22)21(14)18-9-11-4-1-2-7-13(11)17/h1-9H,(H,20,22)/b18-9-. The van der Waals surface area contributed by atoms with Gasteiger partial charge in [-0.1, -0.05) is 30.3 Å². The number of nitrogens with zero attached hydrogens (tertiary/aromatic N) is 3. The van der Waals surface area contributed by atoms with Crippen LogP contribution in [0.1, 0.15) is 5.56 Å². The molecular formula is C15H10F2N4S. The van der Waals surface area contributed by atoms with Gasteiger partial charge in [0.2, 0.25) is 4.77 Å². The molecule has 0 radical (unpaired) electrons. The van der Waals surface area contributed by atoms with Crippen LogP contribution < -0.4 is 0 Å². The van der Waals surface area contributed by atoms with Crippen LogP contribution in [0.2, 0.25) is 0 Å². The predicted octanol–water partition coefficient (Wildman–Crippen LogP) is 3.77. The van der Waals surface area contributed by atoms with Crippen molar-refractivity contribution in [3.63, 3.8) is 0 Å². The van der Waals surface area contributed by atoms with Gasteiger partial charge < -0.3 is 0 Å². The first-order valence-corrected chi connectivity index (χ1v) is 6.78. The number of benzene rings is 2. The molecular weight excluding hydrogens is 306 g/mol. The lowest BCUT2D eigenvalue weighted by Crippen LogP contribution is -1.96. The Hall–Kier alpha value is -2.67. The van der Waals surface area contributed by atoms with Gasteiger partial charge in [-0.2, -0.15) is 14.9 Å². The van der Waals surface area contributed by atoms with Crippen molar-refractivity contribution in [1.29, 1.82) is 0 Å². The molecule has 2 aromatic carbocycles. The molecule has 3 aromatic rings. The summed E-state index contributed by atoms with van der Waals surface area (Å²) in [5.74, 6) is -0.443. The minimum atomic E-state index is -0.395. The average Bonchev–Trinajstić information content (AvgIpc) is 2.87. The summed E-state index contributed by atoms with van der Waals surface area (Å²) in [6.45, 7) is 0. The van der Waals surface area contributed by atoms with Gasteiger partial charge in [-0.25, -0.2) is 13.9 Å². The van der Waals surface area contributed by atoms with Crippen LogP contribution in [0.4, 0.5) is 8.78 Å². The molecule has 3 rings (SSSR count). The van der Waals surface area contributed by atoms with Crippen LogP contribution in [0.15, 0.2) is 53.6 Å². The van der Waals surface area contributed by atoms with Crippen molar-refractivity contribution in [1.82, 2.24) is 14.9 Å². The fourth-order valence-corrected chi connectivity index (χ4v) is 2.09. The second kappa shape index (κ2) is 5.98. The molecule has 7 heteroatoms. The van der Waals surface area contributed by atoms with Crippen LogP contribution in [0.3, 0.4) is 0 Å². The summed E-state index contributed by atoms with van der Waals surface area (Å²) < 4.78 is 28.5. The molecule has 0 aliphatic rings. The number of hydrogen-bond acceptors (Lipinski definition) is 3. The molecule has 1 N–H and O–H groups in total. The number of H-pyrrole nitrogens is 1.